The third kappa shape index (κ3) is 4.35. The van der Waals surface area contributed by atoms with Gasteiger partial charge in [0.2, 0.25) is 0 Å². The summed E-state index contributed by atoms with van der Waals surface area (Å²) in [7, 11) is 1.50. The van der Waals surface area contributed by atoms with Gasteiger partial charge >= 0.3 is 0 Å². The molecule has 23 heavy (non-hydrogen) atoms. The van der Waals surface area contributed by atoms with Gasteiger partial charge in [-0.15, -0.1) is 0 Å². The van der Waals surface area contributed by atoms with Crippen molar-refractivity contribution < 1.29 is 9.53 Å². The minimum absolute atomic E-state index is 0.0543. The van der Waals surface area contributed by atoms with Gasteiger partial charge in [0, 0.05) is 16.3 Å². The second kappa shape index (κ2) is 7.82. The summed E-state index contributed by atoms with van der Waals surface area (Å²) in [4.78, 5) is 12.2. The van der Waals surface area contributed by atoms with Crippen molar-refractivity contribution in [2.24, 2.45) is 0 Å². The van der Waals surface area contributed by atoms with Crippen molar-refractivity contribution in [3.63, 3.8) is 0 Å². The largest absolute Gasteiger partial charge is 0.495 e. The number of para-hydroxylation sites is 1. The summed E-state index contributed by atoms with van der Waals surface area (Å²) in [6.07, 6.45) is 1.44. The fourth-order valence-electron chi connectivity index (χ4n) is 1.93. The maximum atomic E-state index is 12.2. The standard InChI is InChI=1S/C17H12BrClN2O2/c1-23-16-11(8-13(19)9-15(16)18)7-12(10-20)17(22)21-14-5-3-2-4-6-14/h2-9H,1H3,(H,21,22)/b12-7+. The monoisotopic (exact) mass is 390 g/mol. The van der Waals surface area contributed by atoms with E-state index in [4.69, 9.17) is 16.3 Å². The van der Waals surface area contributed by atoms with Crippen LogP contribution in [-0.2, 0) is 4.79 Å². The average Bonchev–Trinajstić information content (AvgIpc) is 2.53. The Balaban J connectivity index is 2.36. The molecule has 2 rings (SSSR count). The van der Waals surface area contributed by atoms with Gasteiger partial charge in [0.05, 0.1) is 11.6 Å². The summed E-state index contributed by atoms with van der Waals surface area (Å²) >= 11 is 9.36. The van der Waals surface area contributed by atoms with Gasteiger partial charge in [-0.3, -0.25) is 4.79 Å². The lowest BCUT2D eigenvalue weighted by Gasteiger charge is -2.09. The number of hydrogen-bond donors (Lipinski definition) is 1. The van der Waals surface area contributed by atoms with Crippen LogP contribution in [0, 0.1) is 11.3 Å². The van der Waals surface area contributed by atoms with Crippen molar-refractivity contribution >= 4 is 45.2 Å². The van der Waals surface area contributed by atoms with Crippen LogP contribution >= 0.6 is 27.5 Å². The molecule has 0 aliphatic rings. The lowest BCUT2D eigenvalue weighted by molar-refractivity contribution is -0.112. The molecule has 0 atom stereocenters. The fraction of sp³-hybridized carbons (Fsp3) is 0.0588. The van der Waals surface area contributed by atoms with Crippen LogP contribution in [0.3, 0.4) is 0 Å². The van der Waals surface area contributed by atoms with Gasteiger partial charge in [-0.1, -0.05) is 29.8 Å². The SMILES string of the molecule is COc1c(Br)cc(Cl)cc1/C=C(\C#N)C(=O)Nc1ccccc1. The second-order valence-electron chi connectivity index (χ2n) is 4.50. The number of anilines is 1. The first-order chi connectivity index (χ1) is 11.0. The number of amides is 1. The number of nitrogens with one attached hydrogen (secondary N) is 1. The van der Waals surface area contributed by atoms with Crippen LogP contribution in [-0.4, -0.2) is 13.0 Å². The lowest BCUT2D eigenvalue weighted by atomic mass is 10.1. The summed E-state index contributed by atoms with van der Waals surface area (Å²) in [5.74, 6) is -0.00786. The highest BCUT2D eigenvalue weighted by molar-refractivity contribution is 9.10. The highest BCUT2D eigenvalue weighted by Crippen LogP contribution is 2.33. The van der Waals surface area contributed by atoms with E-state index in [0.717, 1.165) is 0 Å². The number of ether oxygens (including phenoxy) is 1. The molecule has 0 heterocycles. The molecule has 0 aromatic heterocycles. The van der Waals surface area contributed by atoms with Crippen molar-refractivity contribution in [3.05, 3.63) is 63.1 Å². The molecule has 0 aliphatic heterocycles. The van der Waals surface area contributed by atoms with E-state index in [2.05, 4.69) is 21.2 Å². The zero-order valence-electron chi connectivity index (χ0n) is 12.1. The minimum atomic E-state index is -0.503. The maximum Gasteiger partial charge on any atom is 0.266 e. The number of hydrogen-bond acceptors (Lipinski definition) is 3. The Morgan fingerprint density at radius 1 is 1.35 bits per heavy atom. The van der Waals surface area contributed by atoms with Crippen molar-refractivity contribution in [1.29, 1.82) is 5.26 Å². The summed E-state index contributed by atoms with van der Waals surface area (Å²) in [5.41, 5.74) is 1.09. The molecule has 6 heteroatoms. The molecule has 1 amide bonds. The van der Waals surface area contributed by atoms with Gasteiger partial charge in [-0.05, 0) is 46.3 Å². The van der Waals surface area contributed by atoms with Crippen LogP contribution < -0.4 is 10.1 Å². The van der Waals surface area contributed by atoms with Crippen molar-refractivity contribution in [3.8, 4) is 11.8 Å². The number of carbonyl (C=O) groups excluding carboxylic acids is 1. The number of carbonyl (C=O) groups is 1. The molecule has 0 radical (unpaired) electrons. The van der Waals surface area contributed by atoms with Crippen molar-refractivity contribution in [2.75, 3.05) is 12.4 Å². The Labute approximate surface area is 147 Å². The van der Waals surface area contributed by atoms with Gasteiger partial charge in [-0.25, -0.2) is 0 Å². The van der Waals surface area contributed by atoms with Gasteiger partial charge in [0.1, 0.15) is 17.4 Å². The molecule has 4 nitrogen and oxygen atoms in total. The number of benzene rings is 2. The van der Waals surface area contributed by atoms with Crippen LogP contribution in [0.2, 0.25) is 5.02 Å². The molecule has 0 spiro atoms. The molecule has 0 aliphatic carbocycles. The predicted octanol–water partition coefficient (Wildman–Crippen LogP) is 4.66. The Morgan fingerprint density at radius 3 is 2.65 bits per heavy atom. The third-order valence-corrected chi connectivity index (χ3v) is 3.75. The first-order valence-corrected chi connectivity index (χ1v) is 7.73. The maximum absolute atomic E-state index is 12.2. The molecule has 0 unspecified atom stereocenters. The van der Waals surface area contributed by atoms with Gasteiger partial charge in [0.15, 0.2) is 0 Å². The molecule has 0 saturated carbocycles. The molecular formula is C17H12BrClN2O2. The molecule has 0 fully saturated rings. The Hall–Kier alpha value is -2.29. The topological polar surface area (TPSA) is 62.1 Å². The van der Waals surface area contributed by atoms with Crippen LogP contribution in [0.5, 0.6) is 5.75 Å². The number of nitriles is 1. The number of methoxy groups -OCH3 is 1. The van der Waals surface area contributed by atoms with Crippen LogP contribution in [0.1, 0.15) is 5.56 Å². The molecule has 0 saturated heterocycles. The van der Waals surface area contributed by atoms with E-state index in [1.165, 1.54) is 13.2 Å². The Bertz CT molecular complexity index is 798. The van der Waals surface area contributed by atoms with Gasteiger partial charge in [0.25, 0.3) is 5.91 Å². The van der Waals surface area contributed by atoms with Crippen molar-refractivity contribution in [2.45, 2.75) is 0 Å². The molecule has 2 aromatic carbocycles. The van der Waals surface area contributed by atoms with E-state index >= 15 is 0 Å². The smallest absolute Gasteiger partial charge is 0.266 e. The first-order valence-electron chi connectivity index (χ1n) is 6.56. The molecule has 2 aromatic rings. The van der Waals surface area contributed by atoms with Gasteiger partial charge < -0.3 is 10.1 Å². The van der Waals surface area contributed by atoms with E-state index in [0.29, 0.717) is 26.5 Å². The van der Waals surface area contributed by atoms with E-state index in [-0.39, 0.29) is 5.57 Å². The molecular weight excluding hydrogens is 380 g/mol. The Kier molecular flexibility index (Phi) is 5.80. The predicted molar refractivity (Wildman–Crippen MR) is 94.4 cm³/mol. The molecule has 116 valence electrons. The van der Waals surface area contributed by atoms with Crippen LogP contribution in [0.15, 0.2) is 52.5 Å². The van der Waals surface area contributed by atoms with E-state index < -0.39 is 5.91 Å². The van der Waals surface area contributed by atoms with E-state index in [1.54, 1.807) is 36.4 Å². The highest BCUT2D eigenvalue weighted by atomic mass is 79.9. The minimum Gasteiger partial charge on any atom is -0.495 e. The zero-order chi connectivity index (χ0) is 16.8. The highest BCUT2D eigenvalue weighted by Gasteiger charge is 2.13. The fourth-order valence-corrected chi connectivity index (χ4v) is 2.92. The van der Waals surface area contributed by atoms with Gasteiger partial charge in [-0.2, -0.15) is 5.26 Å². The van der Waals surface area contributed by atoms with Crippen molar-refractivity contribution in [1.82, 2.24) is 0 Å². The first kappa shape index (κ1) is 17.1. The summed E-state index contributed by atoms with van der Waals surface area (Å²) < 4.78 is 5.92. The number of nitrogens with zero attached hydrogens (tertiary/aromatic N) is 1. The van der Waals surface area contributed by atoms with E-state index in [9.17, 15) is 10.1 Å². The summed E-state index contributed by atoms with van der Waals surface area (Å²) in [5, 5.41) is 12.4. The molecule has 1 N–H and O–H groups in total. The lowest BCUT2D eigenvalue weighted by Crippen LogP contribution is -2.13. The van der Waals surface area contributed by atoms with Crippen LogP contribution in [0.25, 0.3) is 6.08 Å². The summed E-state index contributed by atoms with van der Waals surface area (Å²) in [6, 6.07) is 14.1. The quantitative estimate of drug-likeness (QED) is 0.609. The third-order valence-electron chi connectivity index (χ3n) is 2.94. The Morgan fingerprint density at radius 2 is 2.04 bits per heavy atom. The summed E-state index contributed by atoms with van der Waals surface area (Å²) in [6.45, 7) is 0. The average molecular weight is 392 g/mol. The zero-order valence-corrected chi connectivity index (χ0v) is 14.5. The number of halogens is 2. The van der Waals surface area contributed by atoms with Crippen LogP contribution in [0.4, 0.5) is 5.69 Å². The normalized spacial score (nSPS) is 10.8. The second-order valence-corrected chi connectivity index (χ2v) is 5.79. The van der Waals surface area contributed by atoms with E-state index in [1.807, 2.05) is 12.1 Å². The number of rotatable bonds is 4. The molecule has 0 bridgehead atoms.